The number of phenols is 1. The molecule has 2 aromatic rings. The summed E-state index contributed by atoms with van der Waals surface area (Å²) in [7, 11) is 1.59. The van der Waals surface area contributed by atoms with Crippen molar-refractivity contribution in [2.45, 2.75) is 18.4 Å². The lowest BCUT2D eigenvalue weighted by atomic mass is 9.90. The molecule has 2 N–H and O–H groups in total. The number of alkyl halides is 1. The van der Waals surface area contributed by atoms with Crippen LogP contribution >= 0.6 is 22.6 Å². The average molecular weight is 458 g/mol. The average Bonchev–Trinajstić information content (AvgIpc) is 3.19. The fourth-order valence-electron chi connectivity index (χ4n) is 3.89. The molecule has 1 aromatic heterocycles. The molecule has 1 aromatic carbocycles. The number of methoxy groups -OCH3 is 1. The molecule has 0 spiro atoms. The highest BCUT2D eigenvalue weighted by atomic mass is 127. The number of ether oxygens (including phenoxy) is 2. The molecule has 1 fully saturated rings. The zero-order valence-electron chi connectivity index (χ0n) is 14.4. The molecule has 0 aliphatic carbocycles. The predicted molar refractivity (Wildman–Crippen MR) is 104 cm³/mol. The maximum atomic E-state index is 12.6. The molecule has 3 atom stereocenters. The SMILES string of the molecule is CI.COCCOC(=O)C1c2[nH]c3ccc(O)cc3c2C2CCN1C2. The van der Waals surface area contributed by atoms with Crippen LogP contribution in [0.2, 0.25) is 0 Å². The van der Waals surface area contributed by atoms with E-state index in [4.69, 9.17) is 9.47 Å². The highest BCUT2D eigenvalue weighted by molar-refractivity contribution is 14.1. The van der Waals surface area contributed by atoms with E-state index < -0.39 is 6.04 Å². The molecule has 3 heterocycles. The van der Waals surface area contributed by atoms with Gasteiger partial charge in [-0.05, 0) is 41.7 Å². The molecule has 6 nitrogen and oxygen atoms in total. The van der Waals surface area contributed by atoms with E-state index in [1.165, 1.54) is 5.56 Å². The van der Waals surface area contributed by atoms with Gasteiger partial charge in [0.1, 0.15) is 18.4 Å². The molecule has 2 aliphatic rings. The van der Waals surface area contributed by atoms with Gasteiger partial charge in [-0.2, -0.15) is 0 Å². The van der Waals surface area contributed by atoms with E-state index in [1.807, 2.05) is 11.0 Å². The highest BCUT2D eigenvalue weighted by Gasteiger charge is 2.44. The molecule has 25 heavy (non-hydrogen) atoms. The Morgan fingerprint density at radius 2 is 2.20 bits per heavy atom. The lowest BCUT2D eigenvalue weighted by Crippen LogP contribution is -2.37. The summed E-state index contributed by atoms with van der Waals surface area (Å²) in [6.07, 6.45) is 1.03. The summed E-state index contributed by atoms with van der Waals surface area (Å²) in [6, 6.07) is 4.91. The maximum Gasteiger partial charge on any atom is 0.329 e. The lowest BCUT2D eigenvalue weighted by molar-refractivity contribution is -0.151. The molecule has 1 saturated heterocycles. The first kappa shape index (κ1) is 18.5. The van der Waals surface area contributed by atoms with E-state index in [-0.39, 0.29) is 18.3 Å². The number of rotatable bonds is 4. The van der Waals surface area contributed by atoms with Crippen LogP contribution in [0.4, 0.5) is 0 Å². The van der Waals surface area contributed by atoms with Crippen molar-refractivity contribution in [3.63, 3.8) is 0 Å². The first-order valence-corrected chi connectivity index (χ1v) is 10.5. The molecule has 4 rings (SSSR count). The normalized spacial score (nSPS) is 23.7. The number of carbonyl (C=O) groups is 1. The Hall–Kier alpha value is -1.32. The van der Waals surface area contributed by atoms with Crippen molar-refractivity contribution in [2.24, 2.45) is 0 Å². The number of aromatic nitrogens is 1. The van der Waals surface area contributed by atoms with Gasteiger partial charge in [-0.1, -0.05) is 22.6 Å². The van der Waals surface area contributed by atoms with Gasteiger partial charge < -0.3 is 19.6 Å². The van der Waals surface area contributed by atoms with Gasteiger partial charge in [-0.15, -0.1) is 0 Å². The Morgan fingerprint density at radius 3 is 2.96 bits per heavy atom. The number of aromatic hydroxyl groups is 1. The van der Waals surface area contributed by atoms with Crippen molar-refractivity contribution >= 4 is 39.5 Å². The Bertz CT molecular complexity index is 761. The Morgan fingerprint density at radius 1 is 1.40 bits per heavy atom. The molecule has 0 saturated carbocycles. The van der Waals surface area contributed by atoms with E-state index in [2.05, 4.69) is 32.5 Å². The number of hydrogen-bond donors (Lipinski definition) is 2. The van der Waals surface area contributed by atoms with E-state index in [0.717, 1.165) is 36.1 Å². The van der Waals surface area contributed by atoms with Crippen molar-refractivity contribution in [1.82, 2.24) is 9.88 Å². The van der Waals surface area contributed by atoms with Gasteiger partial charge in [-0.25, -0.2) is 4.79 Å². The zero-order chi connectivity index (χ0) is 18.0. The number of phenolic OH excluding ortho intramolecular Hbond substituents is 1. The first-order valence-electron chi connectivity index (χ1n) is 8.31. The first-order chi connectivity index (χ1) is 12.2. The third kappa shape index (κ3) is 3.37. The van der Waals surface area contributed by atoms with Gasteiger partial charge in [0.25, 0.3) is 0 Å². The number of fused-ring (bicyclic) bond motifs is 6. The topological polar surface area (TPSA) is 74.8 Å². The van der Waals surface area contributed by atoms with Gasteiger partial charge in [0.15, 0.2) is 0 Å². The van der Waals surface area contributed by atoms with Crippen LogP contribution in [0.3, 0.4) is 0 Å². The molecular formula is C18H23IN2O4. The second kappa shape index (κ2) is 7.92. The molecule has 0 amide bonds. The molecular weight excluding hydrogens is 435 g/mol. The van der Waals surface area contributed by atoms with Crippen LogP contribution < -0.4 is 0 Å². The van der Waals surface area contributed by atoms with Crippen LogP contribution in [0, 0.1) is 0 Å². The molecule has 2 bridgehead atoms. The largest absolute Gasteiger partial charge is 0.508 e. The Balaban J connectivity index is 0.000000880. The van der Waals surface area contributed by atoms with E-state index >= 15 is 0 Å². The van der Waals surface area contributed by atoms with E-state index in [9.17, 15) is 9.90 Å². The zero-order valence-corrected chi connectivity index (χ0v) is 16.6. The number of aromatic amines is 1. The summed E-state index contributed by atoms with van der Waals surface area (Å²) in [5.41, 5.74) is 3.04. The van der Waals surface area contributed by atoms with Crippen LogP contribution in [0.25, 0.3) is 10.9 Å². The van der Waals surface area contributed by atoms with Crippen molar-refractivity contribution in [3.05, 3.63) is 29.5 Å². The number of esters is 1. The minimum atomic E-state index is -0.393. The number of nitrogens with one attached hydrogen (secondary N) is 1. The molecule has 136 valence electrons. The van der Waals surface area contributed by atoms with Gasteiger partial charge in [0, 0.05) is 36.2 Å². The third-order valence-corrected chi connectivity index (χ3v) is 4.87. The Kier molecular flexibility index (Phi) is 5.85. The smallest absolute Gasteiger partial charge is 0.329 e. The van der Waals surface area contributed by atoms with Gasteiger partial charge in [0.2, 0.25) is 0 Å². The quantitative estimate of drug-likeness (QED) is 0.319. The number of hydrogen-bond acceptors (Lipinski definition) is 5. The predicted octanol–water partition coefficient (Wildman–Crippen LogP) is 2.96. The van der Waals surface area contributed by atoms with Crippen LogP contribution in [0.1, 0.15) is 29.6 Å². The lowest BCUT2D eigenvalue weighted by Gasteiger charge is -2.30. The van der Waals surface area contributed by atoms with Crippen molar-refractivity contribution in [1.29, 1.82) is 0 Å². The van der Waals surface area contributed by atoms with Crippen LogP contribution in [-0.2, 0) is 14.3 Å². The standard InChI is InChI=1S/C17H20N2O4.CH3I/c1-22-6-7-23-17(21)16-15-14(10-4-5-19(16)9-10)12-8-11(20)2-3-13(12)18-15;1-2/h2-3,8,10,16,18,20H,4-7,9H2,1H3;1H3. The summed E-state index contributed by atoms with van der Waals surface area (Å²) in [5.74, 6) is 0.418. The van der Waals surface area contributed by atoms with E-state index in [0.29, 0.717) is 12.5 Å². The molecule has 7 heteroatoms. The minimum absolute atomic E-state index is 0.237. The maximum absolute atomic E-state index is 12.6. The number of benzene rings is 1. The minimum Gasteiger partial charge on any atom is -0.508 e. The summed E-state index contributed by atoms with van der Waals surface area (Å²) in [4.78, 5) is 20.1. The van der Waals surface area contributed by atoms with Crippen LogP contribution in [-0.4, -0.2) is 59.3 Å². The fourth-order valence-corrected chi connectivity index (χ4v) is 3.89. The second-order valence-electron chi connectivity index (χ2n) is 6.23. The van der Waals surface area contributed by atoms with Gasteiger partial charge in [-0.3, -0.25) is 4.90 Å². The molecule has 0 radical (unpaired) electrons. The van der Waals surface area contributed by atoms with Gasteiger partial charge >= 0.3 is 5.97 Å². The highest BCUT2D eigenvalue weighted by Crippen LogP contribution is 2.46. The van der Waals surface area contributed by atoms with Crippen LogP contribution in [0.15, 0.2) is 18.2 Å². The van der Waals surface area contributed by atoms with Crippen molar-refractivity contribution < 1.29 is 19.4 Å². The van der Waals surface area contributed by atoms with Crippen LogP contribution in [0.5, 0.6) is 5.75 Å². The number of nitrogens with zero attached hydrogens (tertiary/aromatic N) is 1. The van der Waals surface area contributed by atoms with E-state index in [1.54, 1.807) is 19.2 Å². The third-order valence-electron chi connectivity index (χ3n) is 4.87. The summed E-state index contributed by atoms with van der Waals surface area (Å²) < 4.78 is 10.3. The van der Waals surface area contributed by atoms with Crippen molar-refractivity contribution in [2.75, 3.05) is 38.3 Å². The summed E-state index contributed by atoms with van der Waals surface area (Å²) >= 11 is 2.15. The number of H-pyrrole nitrogens is 1. The van der Waals surface area contributed by atoms with Gasteiger partial charge in [0.05, 0.1) is 6.61 Å². The number of halogens is 1. The molecule has 2 aliphatic heterocycles. The fraction of sp³-hybridized carbons (Fsp3) is 0.500. The number of carbonyl (C=O) groups excluding carboxylic acids is 1. The summed E-state index contributed by atoms with van der Waals surface area (Å²) in [6.45, 7) is 2.41. The monoisotopic (exact) mass is 458 g/mol. The van der Waals surface area contributed by atoms with Crippen molar-refractivity contribution in [3.8, 4) is 5.75 Å². The molecule has 3 unspecified atom stereocenters. The second-order valence-corrected chi connectivity index (χ2v) is 6.23. The summed E-state index contributed by atoms with van der Waals surface area (Å²) in [5, 5.41) is 10.8. The Labute approximate surface area is 160 Å².